The molecule has 2 rings (SSSR count). The maximum absolute atomic E-state index is 14.0. The highest BCUT2D eigenvalue weighted by molar-refractivity contribution is 6.15. The number of esters is 1. The van der Waals surface area contributed by atoms with Gasteiger partial charge in [0.05, 0.1) is 18.2 Å². The first-order valence-corrected chi connectivity index (χ1v) is 7.14. The average molecular weight is 327 g/mol. The second kappa shape index (κ2) is 6.85. The topological polar surface area (TPSA) is 58.9 Å². The number of carbonyl (C=O) groups is 1. The molecular weight excluding hydrogens is 311 g/mol. The van der Waals surface area contributed by atoms with Gasteiger partial charge in [-0.05, 0) is 26.7 Å². The van der Waals surface area contributed by atoms with Crippen LogP contribution in [0.5, 0.6) is 0 Å². The summed E-state index contributed by atoms with van der Waals surface area (Å²) in [5.41, 5.74) is -1.43. The van der Waals surface area contributed by atoms with Crippen molar-refractivity contribution in [2.24, 2.45) is 4.99 Å². The highest BCUT2D eigenvalue weighted by Gasteiger charge is 2.25. The Morgan fingerprint density at radius 3 is 2.61 bits per heavy atom. The van der Waals surface area contributed by atoms with Crippen LogP contribution in [0.3, 0.4) is 0 Å². The number of nitrogens with zero attached hydrogens (tertiary/aromatic N) is 1. The van der Waals surface area contributed by atoms with E-state index < -0.39 is 45.9 Å². The molecule has 0 radical (unpaired) electrons. The van der Waals surface area contributed by atoms with Crippen molar-refractivity contribution in [3.05, 3.63) is 40.2 Å². The van der Waals surface area contributed by atoms with Crippen molar-refractivity contribution in [1.29, 1.82) is 0 Å². The van der Waals surface area contributed by atoms with Gasteiger partial charge >= 0.3 is 5.97 Å². The molecule has 0 amide bonds. The van der Waals surface area contributed by atoms with Crippen LogP contribution in [0.15, 0.2) is 16.6 Å². The summed E-state index contributed by atoms with van der Waals surface area (Å²) in [6.45, 7) is 2.70. The lowest BCUT2D eigenvalue weighted by molar-refractivity contribution is -0.137. The van der Waals surface area contributed by atoms with Gasteiger partial charge in [0.1, 0.15) is 17.1 Å². The molecule has 0 bridgehead atoms. The number of ether oxygens (including phenoxy) is 1. The minimum Gasteiger partial charge on any atom is -0.506 e. The molecule has 1 saturated carbocycles. The summed E-state index contributed by atoms with van der Waals surface area (Å²) in [4.78, 5) is 16.0. The fourth-order valence-electron chi connectivity index (χ4n) is 1.96. The van der Waals surface area contributed by atoms with Crippen LogP contribution < -0.4 is 0 Å². The summed E-state index contributed by atoms with van der Waals surface area (Å²) in [6.07, 6.45) is 2.79. The first-order valence-electron chi connectivity index (χ1n) is 7.14. The fourth-order valence-corrected chi connectivity index (χ4v) is 1.96. The molecule has 0 spiro atoms. The average Bonchev–Trinajstić information content (AvgIpc) is 3.29. The molecular formula is C16H16F3NO3. The van der Waals surface area contributed by atoms with Crippen LogP contribution in [0.2, 0.25) is 0 Å². The van der Waals surface area contributed by atoms with Gasteiger partial charge in [-0.25, -0.2) is 18.0 Å². The summed E-state index contributed by atoms with van der Waals surface area (Å²) >= 11 is 0. The van der Waals surface area contributed by atoms with Crippen LogP contribution in [0.4, 0.5) is 13.2 Å². The Labute approximate surface area is 131 Å². The van der Waals surface area contributed by atoms with E-state index in [0.717, 1.165) is 26.0 Å². The molecule has 1 N–H and O–H groups in total. The van der Waals surface area contributed by atoms with Crippen LogP contribution >= 0.6 is 0 Å². The number of hydrogen-bond donors (Lipinski definition) is 1. The molecule has 1 aromatic rings. The second-order valence-electron chi connectivity index (χ2n) is 5.15. The van der Waals surface area contributed by atoms with Gasteiger partial charge in [0.25, 0.3) is 0 Å². The van der Waals surface area contributed by atoms with E-state index >= 15 is 0 Å². The number of aliphatic imine (C=N–C) groups is 1. The first kappa shape index (κ1) is 17.1. The van der Waals surface area contributed by atoms with Crippen molar-refractivity contribution in [3.8, 4) is 0 Å². The van der Waals surface area contributed by atoms with E-state index in [1.807, 2.05) is 0 Å². The highest BCUT2D eigenvalue weighted by Crippen LogP contribution is 2.28. The zero-order valence-electron chi connectivity index (χ0n) is 12.7. The van der Waals surface area contributed by atoms with Crippen molar-refractivity contribution in [2.45, 2.75) is 32.7 Å². The largest absolute Gasteiger partial charge is 0.506 e. The molecule has 1 aromatic carbocycles. The normalized spacial score (nSPS) is 15.7. The summed E-state index contributed by atoms with van der Waals surface area (Å²) in [5.74, 6) is -5.60. The lowest BCUT2D eigenvalue weighted by Crippen LogP contribution is -2.13. The van der Waals surface area contributed by atoms with Crippen molar-refractivity contribution in [1.82, 2.24) is 0 Å². The molecule has 4 nitrogen and oxygen atoms in total. The third-order valence-corrected chi connectivity index (χ3v) is 3.35. The number of carbonyl (C=O) groups excluding carboxylic acids is 1. The summed E-state index contributed by atoms with van der Waals surface area (Å²) < 4.78 is 45.6. The zero-order chi connectivity index (χ0) is 17.1. The van der Waals surface area contributed by atoms with Crippen LogP contribution in [-0.2, 0) is 9.53 Å². The smallest absolute Gasteiger partial charge is 0.343 e. The van der Waals surface area contributed by atoms with E-state index in [1.165, 1.54) is 0 Å². The molecule has 0 saturated heterocycles. The predicted octanol–water partition coefficient (Wildman–Crippen LogP) is 3.48. The van der Waals surface area contributed by atoms with Crippen molar-refractivity contribution in [3.63, 3.8) is 0 Å². The molecule has 23 heavy (non-hydrogen) atoms. The molecule has 1 aliphatic rings. The quantitative estimate of drug-likeness (QED) is 0.296. The van der Waals surface area contributed by atoms with Crippen molar-refractivity contribution >= 4 is 17.9 Å². The van der Waals surface area contributed by atoms with E-state index in [1.54, 1.807) is 6.92 Å². The van der Waals surface area contributed by atoms with Gasteiger partial charge in [-0.2, -0.15) is 0 Å². The third kappa shape index (κ3) is 3.72. The maximum atomic E-state index is 14.0. The Hall–Kier alpha value is -2.31. The number of aliphatic hydroxyl groups excluding tert-OH is 1. The number of benzene rings is 1. The van der Waals surface area contributed by atoms with Gasteiger partial charge in [-0.1, -0.05) is 0 Å². The lowest BCUT2D eigenvalue weighted by atomic mass is 10.0. The van der Waals surface area contributed by atoms with E-state index in [-0.39, 0.29) is 12.6 Å². The SMILES string of the molecule is CCOC(=O)/C(C=NC1CC1)=C(/O)c1c(F)cc(F)c(F)c1C. The fraction of sp³-hybridized carbons (Fsp3) is 0.375. The molecule has 0 aromatic heterocycles. The Kier molecular flexibility index (Phi) is 5.08. The maximum Gasteiger partial charge on any atom is 0.343 e. The second-order valence-corrected chi connectivity index (χ2v) is 5.15. The molecule has 0 atom stereocenters. The predicted molar refractivity (Wildman–Crippen MR) is 78.7 cm³/mol. The number of rotatable bonds is 5. The summed E-state index contributed by atoms with van der Waals surface area (Å²) in [6, 6.07) is 0.359. The van der Waals surface area contributed by atoms with Gasteiger partial charge in [-0.15, -0.1) is 0 Å². The van der Waals surface area contributed by atoms with Gasteiger partial charge < -0.3 is 9.84 Å². The van der Waals surface area contributed by atoms with Crippen LogP contribution in [-0.4, -0.2) is 29.9 Å². The molecule has 124 valence electrons. The van der Waals surface area contributed by atoms with Gasteiger partial charge in [-0.3, -0.25) is 4.99 Å². The molecule has 0 heterocycles. The standard InChI is InChI=1S/C16H16F3NO3/c1-3-23-16(22)10(7-20-9-4-5-9)15(21)13-8(2)14(19)12(18)6-11(13)17/h6-7,9,21H,3-5H2,1-2H3/b15-10+,20-7?. The zero-order valence-corrected chi connectivity index (χ0v) is 12.7. The highest BCUT2D eigenvalue weighted by atomic mass is 19.2. The monoisotopic (exact) mass is 327 g/mol. The van der Waals surface area contributed by atoms with E-state index in [9.17, 15) is 23.1 Å². The van der Waals surface area contributed by atoms with Crippen LogP contribution in [0.25, 0.3) is 5.76 Å². The lowest BCUT2D eigenvalue weighted by Gasteiger charge is -2.11. The van der Waals surface area contributed by atoms with Gasteiger partial charge in [0.2, 0.25) is 0 Å². The number of aliphatic hydroxyl groups is 1. The molecule has 1 aliphatic carbocycles. The molecule has 7 heteroatoms. The van der Waals surface area contributed by atoms with Crippen molar-refractivity contribution < 1.29 is 27.8 Å². The summed E-state index contributed by atoms with van der Waals surface area (Å²) in [7, 11) is 0. The van der Waals surface area contributed by atoms with Gasteiger partial charge in [0.15, 0.2) is 11.6 Å². The van der Waals surface area contributed by atoms with E-state index in [2.05, 4.69) is 4.99 Å². The van der Waals surface area contributed by atoms with E-state index in [0.29, 0.717) is 6.07 Å². The van der Waals surface area contributed by atoms with Crippen LogP contribution in [0.1, 0.15) is 30.9 Å². The van der Waals surface area contributed by atoms with Gasteiger partial charge in [0, 0.05) is 17.8 Å². The van der Waals surface area contributed by atoms with Crippen LogP contribution in [0, 0.1) is 24.4 Å². The Morgan fingerprint density at radius 1 is 1.39 bits per heavy atom. The Morgan fingerprint density at radius 2 is 2.04 bits per heavy atom. The Balaban J connectivity index is 2.57. The Bertz CT molecular complexity index is 694. The minimum atomic E-state index is -1.37. The molecule has 0 aliphatic heterocycles. The van der Waals surface area contributed by atoms with Crippen molar-refractivity contribution in [2.75, 3.05) is 6.61 Å². The minimum absolute atomic E-state index is 0.0339. The third-order valence-electron chi connectivity index (χ3n) is 3.35. The first-order chi connectivity index (χ1) is 10.9. The number of hydrogen-bond acceptors (Lipinski definition) is 4. The van der Waals surface area contributed by atoms with E-state index in [4.69, 9.17) is 4.74 Å². The molecule has 0 unspecified atom stereocenters. The molecule has 1 fully saturated rings. The number of halogens is 3. The summed E-state index contributed by atoms with van der Waals surface area (Å²) in [5, 5.41) is 10.2.